The molecule has 0 radical (unpaired) electrons. The number of carbonyl (C=O) groups is 2. The summed E-state index contributed by atoms with van der Waals surface area (Å²) in [4.78, 5) is 24.6. The van der Waals surface area contributed by atoms with E-state index < -0.39 is 12.1 Å². The molecule has 0 aliphatic heterocycles. The van der Waals surface area contributed by atoms with Gasteiger partial charge < -0.3 is 20.3 Å². The molecule has 0 saturated heterocycles. The number of esters is 1. The second-order valence-corrected chi connectivity index (χ2v) is 26.0. The molecule has 6 heteroatoms. The molecule has 3 N–H and O–H groups in total. The van der Waals surface area contributed by atoms with Gasteiger partial charge in [-0.15, -0.1) is 0 Å². The highest BCUT2D eigenvalue weighted by atomic mass is 16.5. The molecule has 0 saturated carbocycles. The lowest BCUT2D eigenvalue weighted by Gasteiger charge is -2.20. The van der Waals surface area contributed by atoms with E-state index in [-0.39, 0.29) is 18.5 Å². The molecule has 490 valence electrons. The van der Waals surface area contributed by atoms with Crippen molar-refractivity contribution in [2.24, 2.45) is 0 Å². The lowest BCUT2D eigenvalue weighted by Crippen LogP contribution is -2.45. The highest BCUT2D eigenvalue weighted by Gasteiger charge is 2.18. The number of ether oxygens (including phenoxy) is 1. The molecule has 2 unspecified atom stereocenters. The lowest BCUT2D eigenvalue weighted by atomic mass is 10.0. The van der Waals surface area contributed by atoms with Crippen molar-refractivity contribution in [3.8, 4) is 0 Å². The van der Waals surface area contributed by atoms with Gasteiger partial charge in [-0.3, -0.25) is 9.59 Å². The Bertz CT molecular complexity index is 1340. The Morgan fingerprint density at radius 3 is 0.916 bits per heavy atom. The molecule has 0 rings (SSSR count). The second-order valence-electron chi connectivity index (χ2n) is 26.0. The van der Waals surface area contributed by atoms with Gasteiger partial charge in [-0.25, -0.2) is 0 Å². The smallest absolute Gasteiger partial charge is 0.305 e. The first-order valence-corrected chi connectivity index (χ1v) is 37.8. The monoisotopic (exact) mass is 1170 g/mol. The van der Waals surface area contributed by atoms with E-state index in [0.29, 0.717) is 19.4 Å². The zero-order chi connectivity index (χ0) is 59.9. The van der Waals surface area contributed by atoms with Crippen LogP contribution in [0.3, 0.4) is 0 Å². The van der Waals surface area contributed by atoms with Gasteiger partial charge in [-0.05, 0) is 64.2 Å². The van der Waals surface area contributed by atoms with E-state index in [1.54, 1.807) is 6.08 Å². The number of allylic oxidation sites excluding steroid dienone is 5. The molecule has 83 heavy (non-hydrogen) atoms. The number of amides is 1. The van der Waals surface area contributed by atoms with Gasteiger partial charge >= 0.3 is 5.97 Å². The Hall–Kier alpha value is -1.92. The Morgan fingerprint density at radius 1 is 0.337 bits per heavy atom. The quantitative estimate of drug-likeness (QED) is 0.0320. The molecule has 0 heterocycles. The molecule has 0 bridgehead atoms. The van der Waals surface area contributed by atoms with Crippen LogP contribution < -0.4 is 5.32 Å². The number of unbranched alkanes of at least 4 members (excludes halogenated alkanes) is 56. The summed E-state index contributed by atoms with van der Waals surface area (Å²) in [5.41, 5.74) is 0. The topological polar surface area (TPSA) is 95.9 Å². The second kappa shape index (κ2) is 72.6. The van der Waals surface area contributed by atoms with Gasteiger partial charge in [0.25, 0.3) is 0 Å². The largest absolute Gasteiger partial charge is 0.466 e. The minimum Gasteiger partial charge on any atom is -0.466 e. The highest BCUT2D eigenvalue weighted by molar-refractivity contribution is 5.76. The van der Waals surface area contributed by atoms with Crippen molar-refractivity contribution in [3.05, 3.63) is 36.5 Å². The number of nitrogens with one attached hydrogen (secondary N) is 1. The maximum Gasteiger partial charge on any atom is 0.305 e. The first-order valence-electron chi connectivity index (χ1n) is 37.8. The van der Waals surface area contributed by atoms with Crippen LogP contribution >= 0.6 is 0 Å². The third-order valence-electron chi connectivity index (χ3n) is 17.7. The zero-order valence-electron chi connectivity index (χ0n) is 56.2. The average Bonchev–Trinajstić information content (AvgIpc) is 3.49. The highest BCUT2D eigenvalue weighted by Crippen LogP contribution is 2.19. The fraction of sp³-hybridized carbons (Fsp3) is 0.896. The van der Waals surface area contributed by atoms with Crippen LogP contribution in [0.5, 0.6) is 0 Å². The standard InChI is InChI=1S/C77H147NO5/c1-3-5-7-9-11-13-15-17-42-47-51-55-59-63-67-71-77(82)83-72-68-64-60-56-52-48-44-41-39-37-35-33-31-29-27-25-23-21-19-20-22-24-26-28-30-32-34-36-38-40-43-46-50-54-58-62-66-70-76(81)78-74(73-79)75(80)69-65-61-57-53-49-45-18-16-14-12-10-8-6-4-2/h19,21,25,27,65,69,74-75,79-80H,3-18,20,22-24,26,28-64,66-68,70-73H2,1-2H3,(H,78,81)/b21-19-,27-25-,69-65+. The number of hydrogen-bond acceptors (Lipinski definition) is 5. The SMILES string of the molecule is CCCCCCCCCCCCCC/C=C/C(O)C(CO)NC(=O)CCCCCCCCCCCCCCCCCCC/C=C\C/C=C\CCCCCCCCCCCCCCCOC(=O)CCCCCCCCCCCCCCCCC. The van der Waals surface area contributed by atoms with Crippen molar-refractivity contribution < 1.29 is 24.5 Å². The molecule has 0 aromatic carbocycles. The molecule has 0 spiro atoms. The summed E-state index contributed by atoms with van der Waals surface area (Å²) in [5, 5.41) is 23.2. The summed E-state index contributed by atoms with van der Waals surface area (Å²) >= 11 is 0. The van der Waals surface area contributed by atoms with Crippen LogP contribution in [0.1, 0.15) is 418 Å². The first-order chi connectivity index (χ1) is 41.0. The van der Waals surface area contributed by atoms with E-state index in [0.717, 1.165) is 44.9 Å². The number of carbonyl (C=O) groups excluding carboxylic acids is 2. The molecule has 1 amide bonds. The predicted molar refractivity (Wildman–Crippen MR) is 366 cm³/mol. The van der Waals surface area contributed by atoms with Crippen LogP contribution in [0.4, 0.5) is 0 Å². The number of rotatable bonds is 71. The van der Waals surface area contributed by atoms with E-state index in [1.807, 2.05) is 6.08 Å². The fourth-order valence-electron chi connectivity index (χ4n) is 11.9. The van der Waals surface area contributed by atoms with Crippen molar-refractivity contribution in [2.75, 3.05) is 13.2 Å². The van der Waals surface area contributed by atoms with Crippen LogP contribution in [0.15, 0.2) is 36.5 Å². The molecular weight excluding hydrogens is 1020 g/mol. The molecular formula is C77H147NO5. The van der Waals surface area contributed by atoms with Gasteiger partial charge in [-0.2, -0.15) is 0 Å². The Labute approximate surface area is 519 Å². The first kappa shape index (κ1) is 81.1. The maximum atomic E-state index is 12.5. The maximum absolute atomic E-state index is 12.5. The van der Waals surface area contributed by atoms with E-state index in [2.05, 4.69) is 43.5 Å². The third-order valence-corrected chi connectivity index (χ3v) is 17.7. The molecule has 0 aliphatic carbocycles. The van der Waals surface area contributed by atoms with Crippen LogP contribution in [-0.4, -0.2) is 47.4 Å². The van der Waals surface area contributed by atoms with Gasteiger partial charge in [0.05, 0.1) is 25.4 Å². The van der Waals surface area contributed by atoms with E-state index >= 15 is 0 Å². The van der Waals surface area contributed by atoms with Crippen LogP contribution in [0.25, 0.3) is 0 Å². The summed E-state index contributed by atoms with van der Waals surface area (Å²) in [6, 6.07) is -0.625. The molecule has 0 fully saturated rings. The minimum atomic E-state index is -0.842. The Morgan fingerprint density at radius 2 is 0.602 bits per heavy atom. The summed E-state index contributed by atoms with van der Waals surface area (Å²) in [5.74, 6) is -0.0412. The van der Waals surface area contributed by atoms with Crippen molar-refractivity contribution in [1.82, 2.24) is 5.32 Å². The van der Waals surface area contributed by atoms with Gasteiger partial charge in [0, 0.05) is 12.8 Å². The van der Waals surface area contributed by atoms with Crippen LogP contribution in [0.2, 0.25) is 0 Å². The molecule has 0 aromatic rings. The summed E-state index contributed by atoms with van der Waals surface area (Å²) in [6.07, 6.45) is 94.0. The minimum absolute atomic E-state index is 0.0220. The summed E-state index contributed by atoms with van der Waals surface area (Å²) < 4.78 is 5.50. The molecule has 2 atom stereocenters. The van der Waals surface area contributed by atoms with Crippen LogP contribution in [-0.2, 0) is 14.3 Å². The predicted octanol–water partition coefficient (Wildman–Crippen LogP) is 24.7. The van der Waals surface area contributed by atoms with E-state index in [1.165, 1.54) is 347 Å². The Balaban J connectivity index is 3.36. The van der Waals surface area contributed by atoms with Crippen molar-refractivity contribution in [3.63, 3.8) is 0 Å². The molecule has 6 nitrogen and oxygen atoms in total. The van der Waals surface area contributed by atoms with Gasteiger partial charge in [0.1, 0.15) is 0 Å². The van der Waals surface area contributed by atoms with Crippen molar-refractivity contribution >= 4 is 11.9 Å². The van der Waals surface area contributed by atoms with Crippen molar-refractivity contribution in [2.45, 2.75) is 431 Å². The number of hydrogen-bond donors (Lipinski definition) is 3. The lowest BCUT2D eigenvalue weighted by molar-refractivity contribution is -0.143. The number of aliphatic hydroxyl groups excluding tert-OH is 2. The zero-order valence-corrected chi connectivity index (χ0v) is 56.2. The van der Waals surface area contributed by atoms with E-state index in [9.17, 15) is 19.8 Å². The van der Waals surface area contributed by atoms with Crippen molar-refractivity contribution in [1.29, 1.82) is 0 Å². The van der Waals surface area contributed by atoms with Gasteiger partial charge in [-0.1, -0.05) is 378 Å². The normalized spacial score (nSPS) is 12.7. The third kappa shape index (κ3) is 69.1. The fourth-order valence-corrected chi connectivity index (χ4v) is 11.9. The summed E-state index contributed by atoms with van der Waals surface area (Å²) in [7, 11) is 0. The molecule has 0 aliphatic rings. The summed E-state index contributed by atoms with van der Waals surface area (Å²) in [6.45, 7) is 4.94. The molecule has 0 aromatic heterocycles. The Kier molecular flexibility index (Phi) is 70.9. The van der Waals surface area contributed by atoms with Gasteiger partial charge in [0.15, 0.2) is 0 Å². The average molecular weight is 1170 g/mol. The number of aliphatic hydroxyl groups is 2. The van der Waals surface area contributed by atoms with Crippen LogP contribution in [0, 0.1) is 0 Å². The van der Waals surface area contributed by atoms with Gasteiger partial charge in [0.2, 0.25) is 5.91 Å². The van der Waals surface area contributed by atoms with E-state index in [4.69, 9.17) is 4.74 Å².